The molecule has 1 heterocycles. The number of amides is 2. The summed E-state index contributed by atoms with van der Waals surface area (Å²) in [7, 11) is -3.69. The first-order valence-corrected chi connectivity index (χ1v) is 13.0. The van der Waals surface area contributed by atoms with Crippen molar-refractivity contribution in [3.05, 3.63) is 78.1 Å². The van der Waals surface area contributed by atoms with Gasteiger partial charge >= 0.3 is 0 Å². The van der Waals surface area contributed by atoms with E-state index in [2.05, 4.69) is 10.6 Å². The summed E-state index contributed by atoms with van der Waals surface area (Å²) in [6, 6.07) is 17.4. The van der Waals surface area contributed by atoms with Crippen molar-refractivity contribution in [3.8, 4) is 0 Å². The smallest absolute Gasteiger partial charge is 0.243 e. The third-order valence-electron chi connectivity index (χ3n) is 6.19. The van der Waals surface area contributed by atoms with Crippen molar-refractivity contribution >= 4 is 32.6 Å². The van der Waals surface area contributed by atoms with Crippen molar-refractivity contribution in [2.24, 2.45) is 0 Å². The van der Waals surface area contributed by atoms with Gasteiger partial charge in [0.05, 0.1) is 4.90 Å². The quantitative estimate of drug-likeness (QED) is 0.525. The molecule has 0 spiro atoms. The van der Waals surface area contributed by atoms with Gasteiger partial charge in [0.1, 0.15) is 11.9 Å². The van der Waals surface area contributed by atoms with Gasteiger partial charge < -0.3 is 10.6 Å². The minimum absolute atomic E-state index is 0.150. The predicted octanol–water partition coefficient (Wildman–Crippen LogP) is 3.00. The zero-order chi connectivity index (χ0) is 25.0. The van der Waals surface area contributed by atoms with Crippen LogP contribution >= 0.6 is 0 Å². The number of carbonyl (C=O) groups is 2. The third-order valence-corrected chi connectivity index (χ3v) is 8.15. The number of piperidine rings is 1. The monoisotopic (exact) mass is 497 g/mol. The van der Waals surface area contributed by atoms with Gasteiger partial charge in [0.25, 0.3) is 0 Å². The van der Waals surface area contributed by atoms with Gasteiger partial charge in [0.2, 0.25) is 21.8 Å². The van der Waals surface area contributed by atoms with Crippen molar-refractivity contribution < 1.29 is 22.4 Å². The van der Waals surface area contributed by atoms with Crippen molar-refractivity contribution in [3.63, 3.8) is 0 Å². The summed E-state index contributed by atoms with van der Waals surface area (Å²) >= 11 is 0. The van der Waals surface area contributed by atoms with E-state index in [0.29, 0.717) is 23.8 Å². The Bertz CT molecular complexity index is 1330. The van der Waals surface area contributed by atoms with Gasteiger partial charge in [0, 0.05) is 37.9 Å². The molecule has 0 aromatic heterocycles. The van der Waals surface area contributed by atoms with Gasteiger partial charge in [-0.3, -0.25) is 9.59 Å². The van der Waals surface area contributed by atoms with E-state index in [1.165, 1.54) is 23.4 Å². The van der Waals surface area contributed by atoms with E-state index in [9.17, 15) is 22.4 Å². The van der Waals surface area contributed by atoms with E-state index in [1.807, 2.05) is 24.3 Å². The lowest BCUT2D eigenvalue weighted by Crippen LogP contribution is -2.53. The van der Waals surface area contributed by atoms with Crippen molar-refractivity contribution in [2.75, 3.05) is 13.1 Å². The zero-order valence-corrected chi connectivity index (χ0v) is 20.2. The molecular formula is C26H28FN3O4S. The van der Waals surface area contributed by atoms with Crippen LogP contribution in [0.3, 0.4) is 0 Å². The van der Waals surface area contributed by atoms with Gasteiger partial charge in [0.15, 0.2) is 0 Å². The lowest BCUT2D eigenvalue weighted by molar-refractivity contribution is -0.128. The van der Waals surface area contributed by atoms with Crippen LogP contribution in [0.25, 0.3) is 10.8 Å². The lowest BCUT2D eigenvalue weighted by atomic mass is 10.0. The molecule has 2 N–H and O–H groups in total. The predicted molar refractivity (Wildman–Crippen MR) is 132 cm³/mol. The third kappa shape index (κ3) is 5.86. The summed E-state index contributed by atoms with van der Waals surface area (Å²) in [6.07, 6.45) is 1.04. The number of benzene rings is 3. The van der Waals surface area contributed by atoms with E-state index < -0.39 is 21.9 Å². The zero-order valence-electron chi connectivity index (χ0n) is 19.4. The fourth-order valence-corrected chi connectivity index (χ4v) is 6.14. The van der Waals surface area contributed by atoms with Gasteiger partial charge in [-0.15, -0.1) is 0 Å². The average Bonchev–Trinajstić information content (AvgIpc) is 2.83. The molecule has 2 amide bonds. The number of hydrogen-bond donors (Lipinski definition) is 2. The SMILES string of the molecule is CC(=O)N[C@@H](Cc1cccc(F)c1)C(=O)NC1CCN(S(=O)(=O)c2cccc3ccccc23)CC1. The maximum Gasteiger partial charge on any atom is 0.243 e. The number of hydrogen-bond acceptors (Lipinski definition) is 4. The Morgan fingerprint density at radius 1 is 1.03 bits per heavy atom. The first-order chi connectivity index (χ1) is 16.7. The highest BCUT2D eigenvalue weighted by Gasteiger charge is 2.32. The molecule has 0 radical (unpaired) electrons. The second-order valence-electron chi connectivity index (χ2n) is 8.75. The summed E-state index contributed by atoms with van der Waals surface area (Å²) in [5.41, 5.74) is 0.593. The minimum Gasteiger partial charge on any atom is -0.351 e. The summed E-state index contributed by atoms with van der Waals surface area (Å²) < 4.78 is 41.7. The Kier molecular flexibility index (Phi) is 7.47. The highest BCUT2D eigenvalue weighted by Crippen LogP contribution is 2.27. The molecule has 3 aromatic rings. The molecule has 3 aromatic carbocycles. The van der Waals surface area contributed by atoms with Crippen LogP contribution in [0.2, 0.25) is 0 Å². The number of rotatable bonds is 7. The first-order valence-electron chi connectivity index (χ1n) is 11.5. The Labute approximate surface area is 204 Å². The molecule has 0 bridgehead atoms. The Morgan fingerprint density at radius 3 is 2.43 bits per heavy atom. The Balaban J connectivity index is 1.41. The van der Waals surface area contributed by atoms with E-state index in [4.69, 9.17) is 0 Å². The minimum atomic E-state index is -3.69. The highest BCUT2D eigenvalue weighted by atomic mass is 32.2. The van der Waals surface area contributed by atoms with Crippen LogP contribution in [0.1, 0.15) is 25.3 Å². The maximum atomic E-state index is 13.6. The van der Waals surface area contributed by atoms with Crippen molar-refractivity contribution in [2.45, 2.75) is 43.2 Å². The Hall–Kier alpha value is -3.30. The van der Waals surface area contributed by atoms with Gasteiger partial charge in [-0.1, -0.05) is 48.5 Å². The topological polar surface area (TPSA) is 95.6 Å². The van der Waals surface area contributed by atoms with Gasteiger partial charge in [-0.2, -0.15) is 4.31 Å². The number of sulfonamides is 1. The van der Waals surface area contributed by atoms with Gasteiger partial charge in [-0.25, -0.2) is 12.8 Å². The molecule has 0 unspecified atom stereocenters. The summed E-state index contributed by atoms with van der Waals surface area (Å²) in [4.78, 5) is 24.9. The number of fused-ring (bicyclic) bond motifs is 1. The van der Waals surface area contributed by atoms with Crippen LogP contribution in [0.5, 0.6) is 0 Å². The van der Waals surface area contributed by atoms with Crippen LogP contribution < -0.4 is 10.6 Å². The Morgan fingerprint density at radius 2 is 1.71 bits per heavy atom. The van der Waals surface area contributed by atoms with Crippen LogP contribution in [-0.2, 0) is 26.0 Å². The molecule has 1 saturated heterocycles. The number of halogens is 1. The molecule has 0 saturated carbocycles. The molecule has 7 nitrogen and oxygen atoms in total. The molecular weight excluding hydrogens is 469 g/mol. The van der Waals surface area contributed by atoms with Crippen LogP contribution in [-0.4, -0.2) is 49.7 Å². The largest absolute Gasteiger partial charge is 0.351 e. The van der Waals surface area contributed by atoms with Gasteiger partial charge in [-0.05, 0) is 42.0 Å². The fourth-order valence-electron chi connectivity index (χ4n) is 4.46. The van der Waals surface area contributed by atoms with Crippen molar-refractivity contribution in [1.29, 1.82) is 0 Å². The highest BCUT2D eigenvalue weighted by molar-refractivity contribution is 7.89. The molecule has 1 aliphatic heterocycles. The summed E-state index contributed by atoms with van der Waals surface area (Å²) in [6.45, 7) is 1.86. The van der Waals surface area contributed by atoms with E-state index in [1.54, 1.807) is 30.3 Å². The second kappa shape index (κ2) is 10.5. The molecule has 9 heteroatoms. The first kappa shape index (κ1) is 24.8. The molecule has 4 rings (SSSR count). The average molecular weight is 498 g/mol. The van der Waals surface area contributed by atoms with Crippen molar-refractivity contribution in [1.82, 2.24) is 14.9 Å². The maximum absolute atomic E-state index is 13.6. The van der Waals surface area contributed by atoms with E-state index in [0.717, 1.165) is 5.39 Å². The van der Waals surface area contributed by atoms with Crippen LogP contribution in [0, 0.1) is 5.82 Å². The van der Waals surface area contributed by atoms with E-state index >= 15 is 0 Å². The molecule has 1 aliphatic rings. The molecule has 1 atom stereocenters. The summed E-state index contributed by atoms with van der Waals surface area (Å²) in [5, 5.41) is 7.10. The fraction of sp³-hybridized carbons (Fsp3) is 0.308. The van der Waals surface area contributed by atoms with Crippen LogP contribution in [0.15, 0.2) is 71.6 Å². The molecule has 184 valence electrons. The number of nitrogens with zero attached hydrogens (tertiary/aromatic N) is 1. The molecule has 35 heavy (non-hydrogen) atoms. The van der Waals surface area contributed by atoms with E-state index in [-0.39, 0.29) is 42.3 Å². The second-order valence-corrected chi connectivity index (χ2v) is 10.7. The number of carbonyl (C=O) groups excluding carboxylic acids is 2. The standard InChI is InChI=1S/C26H28FN3O4S/c1-18(31)28-24(17-19-6-4-9-21(27)16-19)26(32)29-22-12-14-30(15-13-22)35(33,34)25-11-5-8-20-7-2-3-10-23(20)25/h2-11,16,22,24H,12-15,17H2,1H3,(H,28,31)(H,29,32)/t24-/m0/s1. The molecule has 1 fully saturated rings. The summed E-state index contributed by atoms with van der Waals surface area (Å²) in [5.74, 6) is -1.15. The molecule has 0 aliphatic carbocycles. The normalized spacial score (nSPS) is 16.1. The number of nitrogens with one attached hydrogen (secondary N) is 2. The lowest BCUT2D eigenvalue weighted by Gasteiger charge is -2.32. The van der Waals surface area contributed by atoms with Crippen LogP contribution in [0.4, 0.5) is 4.39 Å².